The van der Waals surface area contributed by atoms with Gasteiger partial charge in [0.15, 0.2) is 0 Å². The molecule has 110 valence electrons. The Morgan fingerprint density at radius 2 is 1.71 bits per heavy atom. The minimum atomic E-state index is -0.435. The first-order valence-electron chi connectivity index (χ1n) is 5.90. The predicted molar refractivity (Wildman–Crippen MR) is 83.3 cm³/mol. The number of nitrogens with one attached hydrogen (secondary N) is 2. The van der Waals surface area contributed by atoms with Crippen LogP contribution in [0.3, 0.4) is 0 Å². The SMILES string of the molecule is O=C(Cc1ccccc1F)NNc1c(Cl)cc(Cl)cc1Cl. The van der Waals surface area contributed by atoms with Crippen molar-refractivity contribution in [1.82, 2.24) is 5.43 Å². The average molecular weight is 348 g/mol. The highest BCUT2D eigenvalue weighted by Gasteiger charge is 2.10. The van der Waals surface area contributed by atoms with Crippen molar-refractivity contribution < 1.29 is 9.18 Å². The van der Waals surface area contributed by atoms with Gasteiger partial charge in [-0.15, -0.1) is 0 Å². The number of benzene rings is 2. The topological polar surface area (TPSA) is 41.1 Å². The third kappa shape index (κ3) is 4.24. The molecular weight excluding hydrogens is 338 g/mol. The van der Waals surface area contributed by atoms with Gasteiger partial charge in [-0.05, 0) is 23.8 Å². The van der Waals surface area contributed by atoms with Crippen LogP contribution in [0.4, 0.5) is 10.1 Å². The Hall–Kier alpha value is -1.49. The van der Waals surface area contributed by atoms with Crippen LogP contribution in [0.5, 0.6) is 0 Å². The highest BCUT2D eigenvalue weighted by molar-refractivity contribution is 6.41. The standard InChI is InChI=1S/C14H10Cl3FN2O/c15-9-6-10(16)14(11(17)7-9)20-19-13(21)5-8-3-1-2-4-12(8)18/h1-4,6-7,20H,5H2,(H,19,21). The smallest absolute Gasteiger partial charge is 0.242 e. The number of hydrogen-bond donors (Lipinski definition) is 2. The van der Waals surface area contributed by atoms with E-state index in [2.05, 4.69) is 10.9 Å². The predicted octanol–water partition coefficient (Wildman–Crippen LogP) is 4.47. The van der Waals surface area contributed by atoms with Gasteiger partial charge in [0.25, 0.3) is 0 Å². The van der Waals surface area contributed by atoms with Gasteiger partial charge in [-0.3, -0.25) is 15.6 Å². The van der Waals surface area contributed by atoms with E-state index in [9.17, 15) is 9.18 Å². The summed E-state index contributed by atoms with van der Waals surface area (Å²) >= 11 is 17.7. The maximum atomic E-state index is 13.4. The summed E-state index contributed by atoms with van der Waals surface area (Å²) in [5, 5.41) is 0.908. The van der Waals surface area contributed by atoms with Crippen molar-refractivity contribution in [3.8, 4) is 0 Å². The Labute approximate surface area is 136 Å². The Morgan fingerprint density at radius 1 is 1.10 bits per heavy atom. The van der Waals surface area contributed by atoms with Crippen LogP contribution in [-0.2, 0) is 11.2 Å². The van der Waals surface area contributed by atoms with E-state index in [1.807, 2.05) is 0 Å². The maximum absolute atomic E-state index is 13.4. The van der Waals surface area contributed by atoms with Gasteiger partial charge in [0, 0.05) is 5.02 Å². The van der Waals surface area contributed by atoms with Gasteiger partial charge in [-0.2, -0.15) is 0 Å². The number of carbonyl (C=O) groups excluding carboxylic acids is 1. The summed E-state index contributed by atoms with van der Waals surface area (Å²) in [4.78, 5) is 11.8. The summed E-state index contributed by atoms with van der Waals surface area (Å²) in [5.41, 5.74) is 5.63. The third-order valence-electron chi connectivity index (χ3n) is 2.64. The molecule has 0 radical (unpaired) electrons. The first-order chi connectivity index (χ1) is 9.97. The molecule has 0 aliphatic rings. The van der Waals surface area contributed by atoms with Crippen LogP contribution >= 0.6 is 34.8 Å². The Kier molecular flexibility index (Phi) is 5.28. The molecule has 0 aliphatic heterocycles. The van der Waals surface area contributed by atoms with Crippen LogP contribution < -0.4 is 10.9 Å². The molecule has 2 N–H and O–H groups in total. The molecule has 2 rings (SSSR count). The van der Waals surface area contributed by atoms with Crippen molar-refractivity contribution in [3.05, 3.63) is 62.8 Å². The fraction of sp³-hybridized carbons (Fsp3) is 0.0714. The number of hydrazine groups is 1. The van der Waals surface area contributed by atoms with Crippen molar-refractivity contribution in [3.63, 3.8) is 0 Å². The van der Waals surface area contributed by atoms with E-state index in [1.54, 1.807) is 12.1 Å². The second-order valence-corrected chi connectivity index (χ2v) is 5.44. The van der Waals surface area contributed by atoms with Crippen LogP contribution in [0.15, 0.2) is 36.4 Å². The largest absolute Gasteiger partial charge is 0.296 e. The van der Waals surface area contributed by atoms with E-state index >= 15 is 0 Å². The normalized spacial score (nSPS) is 10.3. The van der Waals surface area contributed by atoms with Crippen LogP contribution in [0.2, 0.25) is 15.1 Å². The second-order valence-electron chi connectivity index (χ2n) is 4.19. The lowest BCUT2D eigenvalue weighted by Crippen LogP contribution is -2.31. The van der Waals surface area contributed by atoms with Crippen LogP contribution in [-0.4, -0.2) is 5.91 Å². The zero-order chi connectivity index (χ0) is 15.4. The van der Waals surface area contributed by atoms with Gasteiger partial charge < -0.3 is 0 Å². The Bertz CT molecular complexity index is 656. The molecule has 0 bridgehead atoms. The van der Waals surface area contributed by atoms with E-state index in [-0.39, 0.29) is 16.5 Å². The van der Waals surface area contributed by atoms with Crippen molar-refractivity contribution in [1.29, 1.82) is 0 Å². The minimum absolute atomic E-state index is 0.109. The molecule has 3 nitrogen and oxygen atoms in total. The van der Waals surface area contributed by atoms with E-state index in [0.717, 1.165) is 0 Å². The molecule has 0 unspecified atom stereocenters. The minimum Gasteiger partial charge on any atom is -0.296 e. The van der Waals surface area contributed by atoms with Crippen molar-refractivity contribution >= 4 is 46.4 Å². The lowest BCUT2D eigenvalue weighted by molar-refractivity contribution is -0.120. The number of anilines is 1. The molecule has 1 amide bonds. The molecule has 0 saturated heterocycles. The molecular formula is C14H10Cl3FN2O. The fourth-order valence-electron chi connectivity index (χ4n) is 1.65. The molecule has 0 aromatic heterocycles. The van der Waals surface area contributed by atoms with Crippen molar-refractivity contribution in [2.75, 3.05) is 5.43 Å². The Morgan fingerprint density at radius 3 is 2.33 bits per heavy atom. The van der Waals surface area contributed by atoms with Crippen LogP contribution in [0.1, 0.15) is 5.56 Å². The van der Waals surface area contributed by atoms with Gasteiger partial charge >= 0.3 is 0 Å². The quantitative estimate of drug-likeness (QED) is 0.801. The molecule has 0 atom stereocenters. The first-order valence-corrected chi connectivity index (χ1v) is 7.03. The molecule has 0 saturated carbocycles. The average Bonchev–Trinajstić information content (AvgIpc) is 2.40. The summed E-state index contributed by atoms with van der Waals surface area (Å²) < 4.78 is 13.4. The van der Waals surface area contributed by atoms with Crippen molar-refractivity contribution in [2.24, 2.45) is 0 Å². The number of carbonyl (C=O) groups is 1. The van der Waals surface area contributed by atoms with E-state index in [0.29, 0.717) is 16.3 Å². The Balaban J connectivity index is 2.01. The number of amides is 1. The number of hydrogen-bond acceptors (Lipinski definition) is 2. The monoisotopic (exact) mass is 346 g/mol. The van der Waals surface area contributed by atoms with E-state index in [4.69, 9.17) is 34.8 Å². The molecule has 21 heavy (non-hydrogen) atoms. The zero-order valence-electron chi connectivity index (χ0n) is 10.6. The molecule has 0 fully saturated rings. The van der Waals surface area contributed by atoms with Gasteiger partial charge in [0.05, 0.1) is 22.2 Å². The number of rotatable bonds is 4. The lowest BCUT2D eigenvalue weighted by Gasteiger charge is -2.12. The molecule has 0 aliphatic carbocycles. The summed E-state index contributed by atoms with van der Waals surface area (Å²) in [6.07, 6.45) is -0.109. The zero-order valence-corrected chi connectivity index (χ0v) is 12.9. The summed E-state index contributed by atoms with van der Waals surface area (Å²) in [7, 11) is 0. The number of halogens is 4. The van der Waals surface area contributed by atoms with Gasteiger partial charge in [-0.25, -0.2) is 4.39 Å². The highest BCUT2D eigenvalue weighted by Crippen LogP contribution is 2.33. The van der Waals surface area contributed by atoms with Crippen LogP contribution in [0, 0.1) is 5.82 Å². The van der Waals surface area contributed by atoms with E-state index < -0.39 is 11.7 Å². The van der Waals surface area contributed by atoms with Gasteiger partial charge in [-0.1, -0.05) is 53.0 Å². The highest BCUT2D eigenvalue weighted by atomic mass is 35.5. The molecule has 2 aromatic rings. The lowest BCUT2D eigenvalue weighted by atomic mass is 10.1. The van der Waals surface area contributed by atoms with Gasteiger partial charge in [0.1, 0.15) is 5.82 Å². The molecule has 0 spiro atoms. The van der Waals surface area contributed by atoms with E-state index in [1.165, 1.54) is 24.3 Å². The third-order valence-corrected chi connectivity index (χ3v) is 3.46. The fourth-order valence-corrected chi connectivity index (χ4v) is 2.56. The molecule has 0 heterocycles. The van der Waals surface area contributed by atoms with Crippen molar-refractivity contribution in [2.45, 2.75) is 6.42 Å². The first kappa shape index (κ1) is 15.9. The summed E-state index contributed by atoms with van der Waals surface area (Å²) in [5.74, 6) is -0.864. The summed E-state index contributed by atoms with van der Waals surface area (Å²) in [6.45, 7) is 0. The molecule has 7 heteroatoms. The molecule has 2 aromatic carbocycles. The maximum Gasteiger partial charge on any atom is 0.242 e. The second kappa shape index (κ2) is 6.98. The van der Waals surface area contributed by atoms with Gasteiger partial charge in [0.2, 0.25) is 5.91 Å². The summed E-state index contributed by atoms with van der Waals surface area (Å²) in [6, 6.07) is 9.02. The van der Waals surface area contributed by atoms with Crippen LogP contribution in [0.25, 0.3) is 0 Å².